The maximum atomic E-state index is 4.31. The first kappa shape index (κ1) is 9.89. The number of fused-ring (bicyclic) bond motifs is 1. The number of imidazole rings is 1. The van der Waals surface area contributed by atoms with Crippen molar-refractivity contribution < 1.29 is 0 Å². The van der Waals surface area contributed by atoms with E-state index in [0.29, 0.717) is 17.6 Å². The third kappa shape index (κ3) is 2.06. The molecule has 0 fully saturated rings. The molecule has 0 saturated heterocycles. The van der Waals surface area contributed by atoms with Gasteiger partial charge in [-0.25, -0.2) is 9.97 Å². The Morgan fingerprint density at radius 3 is 2.87 bits per heavy atom. The van der Waals surface area contributed by atoms with E-state index in [0.717, 1.165) is 18.4 Å². The lowest BCUT2D eigenvalue weighted by molar-refractivity contribution is 0.665. The largest absolute Gasteiger partial charge is 0.351 e. The van der Waals surface area contributed by atoms with Gasteiger partial charge in [-0.1, -0.05) is 13.8 Å². The number of H-pyrrole nitrogens is 1. The van der Waals surface area contributed by atoms with Crippen molar-refractivity contribution in [3.63, 3.8) is 0 Å². The first-order chi connectivity index (χ1) is 7.33. The molecule has 0 aliphatic heterocycles. The van der Waals surface area contributed by atoms with Crippen LogP contribution in [0.5, 0.6) is 0 Å². The smallest absolute Gasteiger partial charge is 0.225 e. The summed E-state index contributed by atoms with van der Waals surface area (Å²) in [5.41, 5.74) is 1.57. The van der Waals surface area contributed by atoms with Gasteiger partial charge in [-0.05, 0) is 12.8 Å². The van der Waals surface area contributed by atoms with Crippen LogP contribution < -0.4 is 5.32 Å². The molecule has 0 saturated carbocycles. The van der Waals surface area contributed by atoms with Crippen molar-refractivity contribution in [1.82, 2.24) is 19.9 Å². The van der Waals surface area contributed by atoms with E-state index < -0.39 is 0 Å². The molecule has 80 valence electrons. The minimum absolute atomic E-state index is 0.432. The highest BCUT2D eigenvalue weighted by Crippen LogP contribution is 2.10. The van der Waals surface area contributed by atoms with Crippen LogP contribution in [0, 0.1) is 0 Å². The molecule has 2 heterocycles. The summed E-state index contributed by atoms with van der Waals surface area (Å²) in [7, 11) is 0. The van der Waals surface area contributed by atoms with E-state index >= 15 is 0 Å². The van der Waals surface area contributed by atoms with Crippen LogP contribution in [-0.2, 0) is 0 Å². The maximum absolute atomic E-state index is 4.31. The Bertz CT molecular complexity index is 432. The van der Waals surface area contributed by atoms with Crippen LogP contribution in [0.15, 0.2) is 12.5 Å². The van der Waals surface area contributed by atoms with E-state index in [1.54, 1.807) is 12.5 Å². The SMILES string of the molecule is CCC(CC)Nc1ncc2[nH]cnc2n1. The lowest BCUT2D eigenvalue weighted by Gasteiger charge is -2.13. The Hall–Kier alpha value is -1.65. The van der Waals surface area contributed by atoms with Gasteiger partial charge in [0.25, 0.3) is 0 Å². The van der Waals surface area contributed by atoms with Crippen LogP contribution in [0.1, 0.15) is 26.7 Å². The van der Waals surface area contributed by atoms with Crippen LogP contribution in [0.25, 0.3) is 11.2 Å². The summed E-state index contributed by atoms with van der Waals surface area (Å²) in [5, 5.41) is 3.28. The van der Waals surface area contributed by atoms with Crippen molar-refractivity contribution in [2.24, 2.45) is 0 Å². The fourth-order valence-corrected chi connectivity index (χ4v) is 1.48. The Morgan fingerprint density at radius 1 is 1.33 bits per heavy atom. The minimum atomic E-state index is 0.432. The second-order valence-corrected chi connectivity index (χ2v) is 3.49. The van der Waals surface area contributed by atoms with Crippen LogP contribution in [-0.4, -0.2) is 26.0 Å². The average Bonchev–Trinajstić information content (AvgIpc) is 2.73. The highest BCUT2D eigenvalue weighted by atomic mass is 15.1. The molecule has 2 N–H and O–H groups in total. The first-order valence-electron chi connectivity index (χ1n) is 5.26. The van der Waals surface area contributed by atoms with Crippen LogP contribution in [0.4, 0.5) is 5.95 Å². The summed E-state index contributed by atoms with van der Waals surface area (Å²) in [6.45, 7) is 4.29. The molecule has 5 heteroatoms. The van der Waals surface area contributed by atoms with Crippen molar-refractivity contribution in [1.29, 1.82) is 0 Å². The van der Waals surface area contributed by atoms with Gasteiger partial charge in [0.15, 0.2) is 5.65 Å². The lowest BCUT2D eigenvalue weighted by atomic mass is 10.2. The monoisotopic (exact) mass is 205 g/mol. The second-order valence-electron chi connectivity index (χ2n) is 3.49. The van der Waals surface area contributed by atoms with Gasteiger partial charge in [0, 0.05) is 6.04 Å². The van der Waals surface area contributed by atoms with Crippen molar-refractivity contribution in [3.8, 4) is 0 Å². The number of hydrogen-bond donors (Lipinski definition) is 2. The summed E-state index contributed by atoms with van der Waals surface area (Å²) in [4.78, 5) is 15.6. The van der Waals surface area contributed by atoms with Crippen molar-refractivity contribution >= 4 is 17.1 Å². The number of rotatable bonds is 4. The van der Waals surface area contributed by atoms with Crippen LogP contribution in [0.2, 0.25) is 0 Å². The quantitative estimate of drug-likeness (QED) is 0.800. The van der Waals surface area contributed by atoms with E-state index in [2.05, 4.69) is 39.1 Å². The Labute approximate surface area is 88.4 Å². The number of aromatic nitrogens is 4. The first-order valence-corrected chi connectivity index (χ1v) is 5.26. The lowest BCUT2D eigenvalue weighted by Crippen LogP contribution is -2.18. The molecule has 0 bridgehead atoms. The Balaban J connectivity index is 2.20. The summed E-state index contributed by atoms with van der Waals surface area (Å²) in [6.07, 6.45) is 5.51. The van der Waals surface area contributed by atoms with Gasteiger partial charge in [-0.2, -0.15) is 4.98 Å². The van der Waals surface area contributed by atoms with Gasteiger partial charge in [0.2, 0.25) is 5.95 Å². The number of hydrogen-bond acceptors (Lipinski definition) is 4. The molecule has 0 spiro atoms. The average molecular weight is 205 g/mol. The van der Waals surface area contributed by atoms with Crippen molar-refractivity contribution in [3.05, 3.63) is 12.5 Å². The van der Waals surface area contributed by atoms with E-state index in [1.807, 2.05) is 0 Å². The van der Waals surface area contributed by atoms with E-state index in [9.17, 15) is 0 Å². The zero-order valence-electron chi connectivity index (χ0n) is 8.99. The third-order valence-corrected chi connectivity index (χ3v) is 2.49. The Morgan fingerprint density at radius 2 is 2.13 bits per heavy atom. The summed E-state index contributed by atoms with van der Waals surface area (Å²) in [5.74, 6) is 0.656. The van der Waals surface area contributed by atoms with E-state index in [-0.39, 0.29) is 0 Å². The fourth-order valence-electron chi connectivity index (χ4n) is 1.48. The highest BCUT2D eigenvalue weighted by molar-refractivity contribution is 5.69. The number of nitrogens with zero attached hydrogens (tertiary/aromatic N) is 3. The molecule has 0 amide bonds. The number of anilines is 1. The molecule has 2 aromatic rings. The molecule has 0 atom stereocenters. The highest BCUT2D eigenvalue weighted by Gasteiger charge is 2.06. The topological polar surface area (TPSA) is 66.5 Å². The minimum Gasteiger partial charge on any atom is -0.351 e. The molecular formula is C10H15N5. The molecule has 0 aromatic carbocycles. The molecular weight excluding hydrogens is 190 g/mol. The van der Waals surface area contributed by atoms with Gasteiger partial charge < -0.3 is 10.3 Å². The standard InChI is InChI=1S/C10H15N5/c1-3-7(4-2)14-10-11-5-8-9(15-10)13-6-12-8/h5-7H,3-4H2,1-2H3,(H2,11,12,13,14,15). The summed E-state index contributed by atoms with van der Waals surface area (Å²) >= 11 is 0. The zero-order valence-corrected chi connectivity index (χ0v) is 8.99. The molecule has 0 radical (unpaired) electrons. The summed E-state index contributed by atoms with van der Waals surface area (Å²) < 4.78 is 0. The van der Waals surface area contributed by atoms with Gasteiger partial charge >= 0.3 is 0 Å². The van der Waals surface area contributed by atoms with Gasteiger partial charge in [-0.3, -0.25) is 0 Å². The molecule has 15 heavy (non-hydrogen) atoms. The molecule has 0 aliphatic carbocycles. The maximum Gasteiger partial charge on any atom is 0.225 e. The fraction of sp³-hybridized carbons (Fsp3) is 0.500. The predicted molar refractivity (Wildman–Crippen MR) is 59.7 cm³/mol. The summed E-state index contributed by atoms with van der Waals surface area (Å²) in [6, 6.07) is 0.432. The van der Waals surface area contributed by atoms with Gasteiger partial charge in [-0.15, -0.1) is 0 Å². The predicted octanol–water partition coefficient (Wildman–Crippen LogP) is 1.95. The molecule has 0 unspecified atom stereocenters. The molecule has 5 nitrogen and oxygen atoms in total. The van der Waals surface area contributed by atoms with Gasteiger partial charge in [0.1, 0.15) is 5.52 Å². The molecule has 0 aliphatic rings. The van der Waals surface area contributed by atoms with E-state index in [4.69, 9.17) is 0 Å². The molecule has 2 aromatic heterocycles. The van der Waals surface area contributed by atoms with Crippen LogP contribution >= 0.6 is 0 Å². The zero-order chi connectivity index (χ0) is 10.7. The normalized spacial score (nSPS) is 11.1. The number of nitrogens with one attached hydrogen (secondary N) is 2. The number of aromatic amines is 1. The van der Waals surface area contributed by atoms with E-state index in [1.165, 1.54) is 0 Å². The molecule has 2 rings (SSSR count). The Kier molecular flexibility index (Phi) is 2.80. The third-order valence-electron chi connectivity index (χ3n) is 2.49. The van der Waals surface area contributed by atoms with Crippen molar-refractivity contribution in [2.75, 3.05) is 5.32 Å². The van der Waals surface area contributed by atoms with Crippen LogP contribution in [0.3, 0.4) is 0 Å². The van der Waals surface area contributed by atoms with Gasteiger partial charge in [0.05, 0.1) is 12.5 Å². The second kappa shape index (κ2) is 4.25. The van der Waals surface area contributed by atoms with Crippen molar-refractivity contribution in [2.45, 2.75) is 32.7 Å².